The topological polar surface area (TPSA) is 55.8 Å². The van der Waals surface area contributed by atoms with Crippen LogP contribution in [0.5, 0.6) is 0 Å². The first-order valence-electron chi connectivity index (χ1n) is 7.44. The van der Waals surface area contributed by atoms with E-state index in [0.29, 0.717) is 12.3 Å². The van der Waals surface area contributed by atoms with Gasteiger partial charge in [0.15, 0.2) is 0 Å². The Balaban J connectivity index is 4.10. The van der Waals surface area contributed by atoms with E-state index in [1.165, 1.54) is 6.92 Å². The molecule has 2 atom stereocenters. The Kier molecular flexibility index (Phi) is 9.02. The summed E-state index contributed by atoms with van der Waals surface area (Å²) in [6.07, 6.45) is 4.86. The SMILES string of the molecule is CCCCC(CC)C(=O)OOC(C)(O)CCC(C)C. The molecule has 0 radical (unpaired) electrons. The fraction of sp³-hybridized carbons (Fsp3) is 0.933. The van der Waals surface area contributed by atoms with Crippen LogP contribution in [-0.4, -0.2) is 16.9 Å². The Hall–Kier alpha value is -0.610. The highest BCUT2D eigenvalue weighted by Gasteiger charge is 2.27. The lowest BCUT2D eigenvalue weighted by atomic mass is 10.00. The third-order valence-electron chi connectivity index (χ3n) is 3.22. The van der Waals surface area contributed by atoms with Gasteiger partial charge in [0.2, 0.25) is 5.79 Å². The monoisotopic (exact) mass is 274 g/mol. The van der Waals surface area contributed by atoms with Crippen LogP contribution >= 0.6 is 0 Å². The lowest BCUT2D eigenvalue weighted by Gasteiger charge is -2.23. The first kappa shape index (κ1) is 18.4. The summed E-state index contributed by atoms with van der Waals surface area (Å²) in [5.41, 5.74) is 0. The molecule has 19 heavy (non-hydrogen) atoms. The summed E-state index contributed by atoms with van der Waals surface area (Å²) in [5.74, 6) is -1.44. The van der Waals surface area contributed by atoms with Crippen molar-refractivity contribution in [3.8, 4) is 0 Å². The molecule has 4 nitrogen and oxygen atoms in total. The Morgan fingerprint density at radius 1 is 1.26 bits per heavy atom. The first-order chi connectivity index (χ1) is 8.82. The van der Waals surface area contributed by atoms with Crippen molar-refractivity contribution in [1.29, 1.82) is 0 Å². The molecular weight excluding hydrogens is 244 g/mol. The number of hydrogen-bond donors (Lipinski definition) is 1. The van der Waals surface area contributed by atoms with Gasteiger partial charge in [0.1, 0.15) is 0 Å². The maximum Gasteiger partial charge on any atom is 0.345 e. The molecule has 0 heterocycles. The van der Waals surface area contributed by atoms with Crippen molar-refractivity contribution in [1.82, 2.24) is 0 Å². The van der Waals surface area contributed by atoms with E-state index >= 15 is 0 Å². The van der Waals surface area contributed by atoms with Crippen LogP contribution in [0.4, 0.5) is 0 Å². The molecular formula is C15H30O4. The molecule has 0 aliphatic heterocycles. The first-order valence-corrected chi connectivity index (χ1v) is 7.44. The minimum atomic E-state index is -1.40. The van der Waals surface area contributed by atoms with Crippen LogP contribution in [-0.2, 0) is 14.6 Å². The molecule has 0 aliphatic rings. The second-order valence-corrected chi connectivity index (χ2v) is 5.84. The minimum Gasteiger partial charge on any atom is -0.363 e. The van der Waals surface area contributed by atoms with Gasteiger partial charge in [-0.05, 0) is 32.1 Å². The number of hydrogen-bond acceptors (Lipinski definition) is 4. The van der Waals surface area contributed by atoms with E-state index in [2.05, 4.69) is 20.8 Å². The molecule has 0 aromatic rings. The van der Waals surface area contributed by atoms with Crippen LogP contribution < -0.4 is 0 Å². The van der Waals surface area contributed by atoms with Gasteiger partial charge in [-0.3, -0.25) is 4.89 Å². The molecule has 4 heteroatoms. The standard InChI is InChI=1S/C15H30O4/c1-6-8-9-13(7-2)14(16)18-19-15(5,17)11-10-12(3)4/h12-13,17H,6-11H2,1-5H3. The third-order valence-corrected chi connectivity index (χ3v) is 3.22. The fourth-order valence-electron chi connectivity index (χ4n) is 1.74. The van der Waals surface area contributed by atoms with Gasteiger partial charge >= 0.3 is 5.97 Å². The van der Waals surface area contributed by atoms with Gasteiger partial charge in [-0.2, -0.15) is 4.89 Å². The summed E-state index contributed by atoms with van der Waals surface area (Å²) in [7, 11) is 0. The van der Waals surface area contributed by atoms with E-state index < -0.39 is 5.79 Å². The third kappa shape index (κ3) is 9.00. The molecule has 0 fully saturated rings. The Bertz CT molecular complexity index is 249. The highest BCUT2D eigenvalue weighted by atomic mass is 17.2. The number of unbranched alkanes of at least 4 members (excludes halogenated alkanes) is 1. The van der Waals surface area contributed by atoms with Crippen molar-refractivity contribution in [3.63, 3.8) is 0 Å². The predicted octanol–water partition coefficient (Wildman–Crippen LogP) is 3.82. The summed E-state index contributed by atoms with van der Waals surface area (Å²) in [4.78, 5) is 21.5. The van der Waals surface area contributed by atoms with E-state index in [1.54, 1.807) is 0 Å². The van der Waals surface area contributed by atoms with Crippen molar-refractivity contribution in [2.24, 2.45) is 11.8 Å². The number of rotatable bonds is 10. The Labute approximate surface area is 117 Å². The lowest BCUT2D eigenvalue weighted by molar-refractivity contribution is -0.391. The molecule has 2 unspecified atom stereocenters. The molecule has 0 bridgehead atoms. The zero-order chi connectivity index (χ0) is 14.9. The second-order valence-electron chi connectivity index (χ2n) is 5.84. The molecule has 1 N–H and O–H groups in total. The highest BCUT2D eigenvalue weighted by Crippen LogP contribution is 2.20. The van der Waals surface area contributed by atoms with Crippen molar-refractivity contribution in [2.45, 2.75) is 78.9 Å². The zero-order valence-electron chi connectivity index (χ0n) is 13.1. The Morgan fingerprint density at radius 2 is 1.89 bits per heavy atom. The summed E-state index contributed by atoms with van der Waals surface area (Å²) in [6.45, 7) is 9.71. The zero-order valence-corrected chi connectivity index (χ0v) is 13.1. The number of carbonyl (C=O) groups is 1. The van der Waals surface area contributed by atoms with E-state index in [9.17, 15) is 9.90 Å². The quantitative estimate of drug-likeness (QED) is 0.374. The number of carbonyl (C=O) groups excluding carboxylic acids is 1. The van der Waals surface area contributed by atoms with Crippen LogP contribution in [0.25, 0.3) is 0 Å². The molecule has 0 rings (SSSR count). The van der Waals surface area contributed by atoms with Crippen LogP contribution in [0.1, 0.15) is 73.1 Å². The predicted molar refractivity (Wildman–Crippen MR) is 75.2 cm³/mol. The van der Waals surface area contributed by atoms with Gasteiger partial charge < -0.3 is 5.11 Å². The second kappa shape index (κ2) is 9.32. The van der Waals surface area contributed by atoms with Gasteiger partial charge in [-0.25, -0.2) is 4.79 Å². The van der Waals surface area contributed by atoms with Crippen LogP contribution in [0.3, 0.4) is 0 Å². The minimum absolute atomic E-state index is 0.138. The van der Waals surface area contributed by atoms with E-state index in [0.717, 1.165) is 32.1 Å². The average Bonchev–Trinajstić information content (AvgIpc) is 2.35. The molecule has 0 saturated carbocycles. The van der Waals surface area contributed by atoms with Crippen LogP contribution in [0, 0.1) is 11.8 Å². The van der Waals surface area contributed by atoms with Gasteiger partial charge in [-0.15, -0.1) is 0 Å². The average molecular weight is 274 g/mol. The van der Waals surface area contributed by atoms with Gasteiger partial charge in [0.05, 0.1) is 5.92 Å². The maximum absolute atomic E-state index is 11.8. The summed E-state index contributed by atoms with van der Waals surface area (Å²) < 4.78 is 0. The molecule has 114 valence electrons. The van der Waals surface area contributed by atoms with Gasteiger partial charge in [0, 0.05) is 6.42 Å². The molecule has 0 amide bonds. The summed E-state index contributed by atoms with van der Waals surface area (Å²) in [6, 6.07) is 0. The van der Waals surface area contributed by atoms with Crippen molar-refractivity contribution >= 4 is 5.97 Å². The summed E-state index contributed by atoms with van der Waals surface area (Å²) in [5, 5.41) is 9.94. The van der Waals surface area contributed by atoms with Gasteiger partial charge in [0.25, 0.3) is 0 Å². The van der Waals surface area contributed by atoms with E-state index in [1.807, 2.05) is 6.92 Å². The molecule has 0 aliphatic carbocycles. The largest absolute Gasteiger partial charge is 0.363 e. The fourth-order valence-corrected chi connectivity index (χ4v) is 1.74. The molecule has 0 spiro atoms. The maximum atomic E-state index is 11.8. The number of aliphatic hydroxyl groups is 1. The van der Waals surface area contributed by atoms with Crippen LogP contribution in [0.2, 0.25) is 0 Å². The van der Waals surface area contributed by atoms with Gasteiger partial charge in [-0.1, -0.05) is 40.5 Å². The highest BCUT2D eigenvalue weighted by molar-refractivity contribution is 5.71. The van der Waals surface area contributed by atoms with E-state index in [-0.39, 0.29) is 11.9 Å². The van der Waals surface area contributed by atoms with Crippen molar-refractivity contribution in [3.05, 3.63) is 0 Å². The van der Waals surface area contributed by atoms with Crippen molar-refractivity contribution < 1.29 is 19.7 Å². The lowest BCUT2D eigenvalue weighted by Crippen LogP contribution is -2.31. The van der Waals surface area contributed by atoms with Crippen LogP contribution in [0.15, 0.2) is 0 Å². The Morgan fingerprint density at radius 3 is 2.37 bits per heavy atom. The van der Waals surface area contributed by atoms with Crippen molar-refractivity contribution in [2.75, 3.05) is 0 Å². The summed E-state index contributed by atoms with van der Waals surface area (Å²) >= 11 is 0. The van der Waals surface area contributed by atoms with E-state index in [4.69, 9.17) is 9.78 Å². The molecule has 0 aromatic carbocycles. The smallest absolute Gasteiger partial charge is 0.345 e. The molecule has 0 saturated heterocycles. The molecule has 0 aromatic heterocycles. The normalized spacial score (nSPS) is 16.2.